The highest BCUT2D eigenvalue weighted by Crippen LogP contribution is 2.22. The maximum Gasteiger partial charge on any atom is 0.225 e. The average molecular weight is 328 g/mol. The Hall–Kier alpha value is -1.59. The monoisotopic (exact) mass is 327 g/mol. The molecule has 1 N–H and O–H groups in total. The van der Waals surface area contributed by atoms with Gasteiger partial charge in [-0.05, 0) is 36.4 Å². The van der Waals surface area contributed by atoms with Gasteiger partial charge in [-0.2, -0.15) is 0 Å². The van der Waals surface area contributed by atoms with Gasteiger partial charge in [0.2, 0.25) is 5.91 Å². The van der Waals surface area contributed by atoms with Crippen LogP contribution in [0.5, 0.6) is 0 Å². The number of anilines is 1. The van der Waals surface area contributed by atoms with Crippen molar-refractivity contribution >= 4 is 35.0 Å². The van der Waals surface area contributed by atoms with Crippen molar-refractivity contribution in [2.75, 3.05) is 11.1 Å². The molecule has 0 bridgehead atoms. The van der Waals surface area contributed by atoms with E-state index in [0.29, 0.717) is 10.8 Å². The van der Waals surface area contributed by atoms with Crippen molar-refractivity contribution < 1.29 is 13.6 Å². The summed E-state index contributed by atoms with van der Waals surface area (Å²) in [7, 11) is 0. The molecule has 0 radical (unpaired) electrons. The average Bonchev–Trinajstić information content (AvgIpc) is 2.45. The number of halogens is 3. The molecule has 0 atom stereocenters. The second-order valence-electron chi connectivity index (χ2n) is 4.20. The van der Waals surface area contributed by atoms with Crippen molar-refractivity contribution in [1.82, 2.24) is 0 Å². The van der Waals surface area contributed by atoms with Crippen molar-refractivity contribution in [3.8, 4) is 0 Å². The summed E-state index contributed by atoms with van der Waals surface area (Å²) in [5.74, 6) is -1.49. The molecule has 0 saturated carbocycles. The van der Waals surface area contributed by atoms with E-state index in [1.807, 2.05) is 12.1 Å². The Morgan fingerprint density at radius 2 is 1.71 bits per heavy atom. The van der Waals surface area contributed by atoms with E-state index in [0.717, 1.165) is 17.0 Å². The summed E-state index contributed by atoms with van der Waals surface area (Å²) >= 11 is 7.24. The largest absolute Gasteiger partial charge is 0.321 e. The maximum absolute atomic E-state index is 13.4. The smallest absolute Gasteiger partial charge is 0.225 e. The first-order valence-electron chi connectivity index (χ1n) is 6.18. The topological polar surface area (TPSA) is 29.1 Å². The fraction of sp³-hybridized carbons (Fsp3) is 0.133. The third kappa shape index (κ3) is 4.72. The quantitative estimate of drug-likeness (QED) is 0.804. The number of para-hydroxylation sites is 1. The minimum absolute atomic E-state index is 0.154. The van der Waals surface area contributed by atoms with E-state index >= 15 is 0 Å². The molecule has 21 heavy (non-hydrogen) atoms. The first-order valence-corrected chi connectivity index (χ1v) is 7.55. The Morgan fingerprint density at radius 1 is 1.10 bits per heavy atom. The Labute approximate surface area is 130 Å². The van der Waals surface area contributed by atoms with E-state index in [9.17, 15) is 13.6 Å². The molecule has 2 nitrogen and oxygen atoms in total. The number of hydrogen-bond donors (Lipinski definition) is 1. The van der Waals surface area contributed by atoms with Crippen molar-refractivity contribution in [1.29, 1.82) is 0 Å². The van der Waals surface area contributed by atoms with Crippen LogP contribution in [0.15, 0.2) is 47.4 Å². The number of thioether (sulfide) groups is 1. The standard InChI is InChI=1S/C15H12ClF2NOS/c16-10-4-6-11(7-5-10)21-9-8-14(20)19-15-12(17)2-1-3-13(15)18/h1-7H,8-9H2,(H,19,20). The molecular formula is C15H12ClF2NOS. The van der Waals surface area contributed by atoms with Crippen LogP contribution in [0.1, 0.15) is 6.42 Å². The van der Waals surface area contributed by atoms with E-state index in [2.05, 4.69) is 5.32 Å². The summed E-state index contributed by atoms with van der Waals surface area (Å²) in [5.41, 5.74) is -0.404. The molecule has 0 spiro atoms. The van der Waals surface area contributed by atoms with Crippen molar-refractivity contribution in [3.05, 3.63) is 59.1 Å². The summed E-state index contributed by atoms with van der Waals surface area (Å²) in [6, 6.07) is 10.7. The van der Waals surface area contributed by atoms with Crippen LogP contribution in [0, 0.1) is 11.6 Å². The third-order valence-electron chi connectivity index (χ3n) is 2.64. The van der Waals surface area contributed by atoms with Crippen LogP contribution < -0.4 is 5.32 Å². The Bertz CT molecular complexity index is 614. The number of hydrogen-bond acceptors (Lipinski definition) is 2. The van der Waals surface area contributed by atoms with Gasteiger partial charge in [-0.15, -0.1) is 11.8 Å². The lowest BCUT2D eigenvalue weighted by Crippen LogP contribution is -2.14. The summed E-state index contributed by atoms with van der Waals surface area (Å²) in [6.07, 6.45) is 0.154. The summed E-state index contributed by atoms with van der Waals surface area (Å²) < 4.78 is 26.7. The van der Waals surface area contributed by atoms with Crippen molar-refractivity contribution in [2.45, 2.75) is 11.3 Å². The third-order valence-corrected chi connectivity index (χ3v) is 3.90. The van der Waals surface area contributed by atoms with Crippen LogP contribution in [0.25, 0.3) is 0 Å². The zero-order valence-electron chi connectivity index (χ0n) is 10.9. The van der Waals surface area contributed by atoms with Gasteiger partial charge < -0.3 is 5.32 Å². The number of rotatable bonds is 5. The first-order chi connectivity index (χ1) is 10.1. The number of benzene rings is 2. The Morgan fingerprint density at radius 3 is 2.33 bits per heavy atom. The van der Waals surface area contributed by atoms with Gasteiger partial charge in [-0.3, -0.25) is 4.79 Å². The van der Waals surface area contributed by atoms with Gasteiger partial charge in [0.05, 0.1) is 0 Å². The van der Waals surface area contributed by atoms with Gasteiger partial charge in [-0.25, -0.2) is 8.78 Å². The summed E-state index contributed by atoms with van der Waals surface area (Å²) in [6.45, 7) is 0. The molecule has 2 aromatic rings. The number of carbonyl (C=O) groups excluding carboxylic acids is 1. The molecular weight excluding hydrogens is 316 g/mol. The van der Waals surface area contributed by atoms with Crippen LogP contribution in [0.2, 0.25) is 5.02 Å². The highest BCUT2D eigenvalue weighted by molar-refractivity contribution is 7.99. The minimum atomic E-state index is -0.784. The number of carbonyl (C=O) groups is 1. The first kappa shape index (κ1) is 15.8. The van der Waals surface area contributed by atoms with Gasteiger partial charge >= 0.3 is 0 Å². The fourth-order valence-corrected chi connectivity index (χ4v) is 2.59. The molecule has 2 aromatic carbocycles. The van der Waals surface area contributed by atoms with Crippen LogP contribution in [0.4, 0.5) is 14.5 Å². The van der Waals surface area contributed by atoms with Crippen molar-refractivity contribution in [3.63, 3.8) is 0 Å². The van der Waals surface area contributed by atoms with E-state index in [1.54, 1.807) is 12.1 Å². The van der Waals surface area contributed by atoms with Gasteiger partial charge in [0.1, 0.15) is 17.3 Å². The lowest BCUT2D eigenvalue weighted by atomic mass is 10.3. The van der Waals surface area contributed by atoms with Crippen LogP contribution >= 0.6 is 23.4 Å². The second-order valence-corrected chi connectivity index (χ2v) is 5.80. The van der Waals surface area contributed by atoms with Crippen LogP contribution in [0.3, 0.4) is 0 Å². The Kier molecular flexibility index (Phi) is 5.59. The molecule has 0 fully saturated rings. The molecule has 6 heteroatoms. The molecule has 0 aliphatic carbocycles. The van der Waals surface area contributed by atoms with Crippen LogP contribution in [-0.4, -0.2) is 11.7 Å². The van der Waals surface area contributed by atoms with Gasteiger partial charge in [0, 0.05) is 22.1 Å². The fourth-order valence-electron chi connectivity index (χ4n) is 1.61. The highest BCUT2D eigenvalue weighted by Gasteiger charge is 2.11. The molecule has 0 aliphatic heterocycles. The highest BCUT2D eigenvalue weighted by atomic mass is 35.5. The molecule has 0 aromatic heterocycles. The molecule has 2 rings (SSSR count). The van der Waals surface area contributed by atoms with E-state index in [1.165, 1.54) is 17.8 Å². The normalized spacial score (nSPS) is 10.4. The number of amides is 1. The molecule has 0 heterocycles. The van der Waals surface area contributed by atoms with Gasteiger partial charge in [0.15, 0.2) is 0 Å². The van der Waals surface area contributed by atoms with E-state index in [-0.39, 0.29) is 6.42 Å². The Balaban J connectivity index is 1.84. The maximum atomic E-state index is 13.4. The predicted molar refractivity (Wildman–Crippen MR) is 81.8 cm³/mol. The zero-order valence-corrected chi connectivity index (χ0v) is 12.5. The van der Waals surface area contributed by atoms with Gasteiger partial charge in [0.25, 0.3) is 0 Å². The molecule has 1 amide bonds. The summed E-state index contributed by atoms with van der Waals surface area (Å²) in [5, 5.41) is 2.90. The minimum Gasteiger partial charge on any atom is -0.321 e. The molecule has 0 unspecified atom stereocenters. The van der Waals surface area contributed by atoms with Crippen LogP contribution in [-0.2, 0) is 4.79 Å². The van der Waals surface area contributed by atoms with E-state index in [4.69, 9.17) is 11.6 Å². The molecule has 110 valence electrons. The van der Waals surface area contributed by atoms with Crippen molar-refractivity contribution in [2.24, 2.45) is 0 Å². The van der Waals surface area contributed by atoms with E-state index < -0.39 is 23.2 Å². The second kappa shape index (κ2) is 7.43. The lowest BCUT2D eigenvalue weighted by molar-refractivity contribution is -0.115. The SMILES string of the molecule is O=C(CCSc1ccc(Cl)cc1)Nc1c(F)cccc1F. The lowest BCUT2D eigenvalue weighted by Gasteiger charge is -2.07. The molecule has 0 saturated heterocycles. The molecule has 0 aliphatic rings. The number of nitrogens with one attached hydrogen (secondary N) is 1. The summed E-state index contributed by atoms with van der Waals surface area (Å²) in [4.78, 5) is 12.7. The predicted octanol–water partition coefficient (Wildman–Crippen LogP) is 4.74. The van der Waals surface area contributed by atoms with Gasteiger partial charge in [-0.1, -0.05) is 17.7 Å². The zero-order chi connectivity index (χ0) is 15.2.